The van der Waals surface area contributed by atoms with Gasteiger partial charge in [-0.2, -0.15) is 0 Å². The van der Waals surface area contributed by atoms with Crippen molar-refractivity contribution in [3.05, 3.63) is 0 Å². The Morgan fingerprint density at radius 3 is 1.72 bits per heavy atom. The molecule has 1 unspecified atom stereocenters. The molecular formula is C18H38. The average molecular weight is 255 g/mol. The first-order chi connectivity index (χ1) is 8.58. The minimum absolute atomic E-state index is 0.554. The maximum Gasteiger partial charge on any atom is -0.0329 e. The van der Waals surface area contributed by atoms with Crippen LogP contribution in [0.5, 0.6) is 0 Å². The van der Waals surface area contributed by atoms with Crippen molar-refractivity contribution in [1.82, 2.24) is 0 Å². The third-order valence-electron chi connectivity index (χ3n) is 4.83. The van der Waals surface area contributed by atoms with E-state index in [2.05, 4.69) is 34.6 Å². The summed E-state index contributed by atoms with van der Waals surface area (Å²) >= 11 is 0. The van der Waals surface area contributed by atoms with Crippen LogP contribution in [0.25, 0.3) is 0 Å². The first-order valence-corrected chi connectivity index (χ1v) is 8.58. The van der Waals surface area contributed by atoms with Gasteiger partial charge in [-0.25, -0.2) is 0 Å². The Kier molecular flexibility index (Phi) is 10.9. The largest absolute Gasteiger partial charge is 0.0654 e. The van der Waals surface area contributed by atoms with Crippen molar-refractivity contribution in [3.63, 3.8) is 0 Å². The molecule has 0 radical (unpaired) electrons. The second-order valence-corrected chi connectivity index (χ2v) is 6.74. The SMILES string of the molecule is CCCCCCCCC(CCCC)C(C)(C)CC. The zero-order chi connectivity index (χ0) is 13.9. The van der Waals surface area contributed by atoms with E-state index >= 15 is 0 Å². The molecule has 18 heavy (non-hydrogen) atoms. The van der Waals surface area contributed by atoms with Crippen molar-refractivity contribution in [1.29, 1.82) is 0 Å². The van der Waals surface area contributed by atoms with E-state index in [1.54, 1.807) is 0 Å². The zero-order valence-electron chi connectivity index (χ0n) is 13.9. The second-order valence-electron chi connectivity index (χ2n) is 6.74. The van der Waals surface area contributed by atoms with Crippen molar-refractivity contribution in [2.45, 2.75) is 105 Å². The third kappa shape index (κ3) is 8.16. The zero-order valence-corrected chi connectivity index (χ0v) is 13.9. The van der Waals surface area contributed by atoms with E-state index in [0.717, 1.165) is 5.92 Å². The van der Waals surface area contributed by atoms with Crippen LogP contribution in [-0.4, -0.2) is 0 Å². The van der Waals surface area contributed by atoms with E-state index in [9.17, 15) is 0 Å². The van der Waals surface area contributed by atoms with Gasteiger partial charge in [0.2, 0.25) is 0 Å². The Morgan fingerprint density at radius 1 is 0.667 bits per heavy atom. The van der Waals surface area contributed by atoms with Gasteiger partial charge in [0.25, 0.3) is 0 Å². The normalized spacial score (nSPS) is 13.8. The van der Waals surface area contributed by atoms with Gasteiger partial charge >= 0.3 is 0 Å². The molecule has 0 saturated carbocycles. The van der Waals surface area contributed by atoms with Gasteiger partial charge in [-0.1, -0.05) is 92.4 Å². The fourth-order valence-electron chi connectivity index (χ4n) is 2.84. The molecule has 0 saturated heterocycles. The Bertz CT molecular complexity index is 169. The van der Waals surface area contributed by atoms with Crippen LogP contribution in [-0.2, 0) is 0 Å². The predicted octanol–water partition coefficient (Wildman–Crippen LogP) is 6.98. The number of rotatable bonds is 12. The Labute approximate surface area is 117 Å². The highest BCUT2D eigenvalue weighted by Gasteiger charge is 2.26. The molecule has 0 heteroatoms. The van der Waals surface area contributed by atoms with E-state index in [1.807, 2.05) is 0 Å². The van der Waals surface area contributed by atoms with Crippen molar-refractivity contribution in [3.8, 4) is 0 Å². The number of unbranched alkanes of at least 4 members (excludes halogenated alkanes) is 6. The Balaban J connectivity index is 3.87. The van der Waals surface area contributed by atoms with Crippen LogP contribution < -0.4 is 0 Å². The summed E-state index contributed by atoms with van der Waals surface area (Å²) < 4.78 is 0. The lowest BCUT2D eigenvalue weighted by Gasteiger charge is -2.34. The standard InChI is InChI=1S/C18H38/c1-6-9-11-12-13-14-16-17(15-10-7-2)18(4,5)8-3/h17H,6-16H2,1-5H3. The molecule has 0 heterocycles. The number of hydrogen-bond acceptors (Lipinski definition) is 0. The minimum atomic E-state index is 0.554. The van der Waals surface area contributed by atoms with E-state index in [-0.39, 0.29) is 0 Å². The lowest BCUT2D eigenvalue weighted by Crippen LogP contribution is -2.23. The maximum atomic E-state index is 2.48. The highest BCUT2D eigenvalue weighted by molar-refractivity contribution is 4.77. The highest BCUT2D eigenvalue weighted by atomic mass is 14.3. The molecular weight excluding hydrogens is 216 g/mol. The summed E-state index contributed by atoms with van der Waals surface area (Å²) in [6.45, 7) is 11.9. The van der Waals surface area contributed by atoms with Crippen LogP contribution in [0.1, 0.15) is 105 Å². The Morgan fingerprint density at radius 2 is 1.17 bits per heavy atom. The van der Waals surface area contributed by atoms with E-state index in [0.29, 0.717) is 5.41 Å². The van der Waals surface area contributed by atoms with Crippen LogP contribution in [0.2, 0.25) is 0 Å². The molecule has 0 bridgehead atoms. The quantitative estimate of drug-likeness (QED) is 0.329. The van der Waals surface area contributed by atoms with E-state index in [1.165, 1.54) is 70.6 Å². The molecule has 0 aliphatic heterocycles. The molecule has 0 aromatic carbocycles. The van der Waals surface area contributed by atoms with Crippen molar-refractivity contribution >= 4 is 0 Å². The lowest BCUT2D eigenvalue weighted by atomic mass is 9.72. The van der Waals surface area contributed by atoms with Crippen LogP contribution >= 0.6 is 0 Å². The van der Waals surface area contributed by atoms with Gasteiger partial charge < -0.3 is 0 Å². The summed E-state index contributed by atoms with van der Waals surface area (Å²) in [5.74, 6) is 0.952. The predicted molar refractivity (Wildman–Crippen MR) is 85.1 cm³/mol. The fraction of sp³-hybridized carbons (Fsp3) is 1.00. The van der Waals surface area contributed by atoms with Gasteiger partial charge in [0.1, 0.15) is 0 Å². The second kappa shape index (κ2) is 10.9. The van der Waals surface area contributed by atoms with Crippen LogP contribution in [0, 0.1) is 11.3 Å². The minimum Gasteiger partial charge on any atom is -0.0654 e. The molecule has 0 spiro atoms. The molecule has 0 aromatic rings. The molecule has 110 valence electrons. The average Bonchev–Trinajstić information content (AvgIpc) is 2.36. The summed E-state index contributed by atoms with van der Waals surface area (Å²) in [6.07, 6.45) is 15.6. The first kappa shape index (κ1) is 18.0. The topological polar surface area (TPSA) is 0 Å². The first-order valence-electron chi connectivity index (χ1n) is 8.58. The highest BCUT2D eigenvalue weighted by Crippen LogP contribution is 2.37. The van der Waals surface area contributed by atoms with E-state index in [4.69, 9.17) is 0 Å². The Hall–Kier alpha value is 0. The molecule has 0 aromatic heterocycles. The summed E-state index contributed by atoms with van der Waals surface area (Å²) in [6, 6.07) is 0. The van der Waals surface area contributed by atoms with Crippen LogP contribution in [0.4, 0.5) is 0 Å². The molecule has 0 aliphatic rings. The lowest BCUT2D eigenvalue weighted by molar-refractivity contribution is 0.171. The molecule has 0 amide bonds. The van der Waals surface area contributed by atoms with Gasteiger partial charge in [-0.05, 0) is 24.2 Å². The molecule has 1 atom stereocenters. The van der Waals surface area contributed by atoms with Gasteiger partial charge in [-0.3, -0.25) is 0 Å². The van der Waals surface area contributed by atoms with Crippen LogP contribution in [0.15, 0.2) is 0 Å². The molecule has 0 nitrogen and oxygen atoms in total. The summed E-state index contributed by atoms with van der Waals surface area (Å²) in [7, 11) is 0. The van der Waals surface area contributed by atoms with Crippen molar-refractivity contribution in [2.75, 3.05) is 0 Å². The van der Waals surface area contributed by atoms with Gasteiger partial charge in [0.05, 0.1) is 0 Å². The molecule has 0 fully saturated rings. The summed E-state index contributed by atoms with van der Waals surface area (Å²) in [4.78, 5) is 0. The van der Waals surface area contributed by atoms with Gasteiger partial charge in [-0.15, -0.1) is 0 Å². The monoisotopic (exact) mass is 254 g/mol. The molecule has 0 rings (SSSR count). The van der Waals surface area contributed by atoms with E-state index < -0.39 is 0 Å². The third-order valence-corrected chi connectivity index (χ3v) is 4.83. The molecule has 0 aliphatic carbocycles. The van der Waals surface area contributed by atoms with Gasteiger partial charge in [0, 0.05) is 0 Å². The van der Waals surface area contributed by atoms with Gasteiger partial charge in [0.15, 0.2) is 0 Å². The number of hydrogen-bond donors (Lipinski definition) is 0. The van der Waals surface area contributed by atoms with Crippen LogP contribution in [0.3, 0.4) is 0 Å². The van der Waals surface area contributed by atoms with Crippen molar-refractivity contribution in [2.24, 2.45) is 11.3 Å². The fourth-order valence-corrected chi connectivity index (χ4v) is 2.84. The molecule has 0 N–H and O–H groups in total. The smallest absolute Gasteiger partial charge is 0.0329 e. The van der Waals surface area contributed by atoms with Crippen molar-refractivity contribution < 1.29 is 0 Å². The maximum absolute atomic E-state index is 2.48. The summed E-state index contributed by atoms with van der Waals surface area (Å²) in [5.41, 5.74) is 0.554. The summed E-state index contributed by atoms with van der Waals surface area (Å²) in [5, 5.41) is 0.